The van der Waals surface area contributed by atoms with Crippen molar-refractivity contribution in [1.29, 1.82) is 0 Å². The molecular weight excluding hydrogens is 340 g/mol. The van der Waals surface area contributed by atoms with Gasteiger partial charge in [0.1, 0.15) is 11.5 Å². The molecule has 0 aliphatic rings. The highest BCUT2D eigenvalue weighted by molar-refractivity contribution is 7.99. The van der Waals surface area contributed by atoms with Gasteiger partial charge in [0.05, 0.1) is 12.4 Å². The number of thioether (sulfide) groups is 1. The van der Waals surface area contributed by atoms with Crippen LogP contribution in [-0.2, 0) is 4.79 Å². The molecule has 0 saturated carbocycles. The predicted octanol–water partition coefficient (Wildman–Crippen LogP) is 2.36. The molecule has 0 radical (unpaired) electrons. The van der Waals surface area contributed by atoms with Gasteiger partial charge in [0.2, 0.25) is 5.91 Å². The van der Waals surface area contributed by atoms with Crippen LogP contribution in [0.4, 0.5) is 0 Å². The summed E-state index contributed by atoms with van der Waals surface area (Å²) in [5, 5.41) is 9.17. The molecule has 132 valence electrons. The molecule has 0 fully saturated rings. The van der Waals surface area contributed by atoms with E-state index in [1.54, 1.807) is 0 Å². The van der Waals surface area contributed by atoms with Gasteiger partial charge in [-0.2, -0.15) is 11.8 Å². The van der Waals surface area contributed by atoms with Crippen LogP contribution in [0.3, 0.4) is 0 Å². The fourth-order valence-electron chi connectivity index (χ4n) is 1.88. The largest absolute Gasteiger partial charge is 0.508 e. The second-order valence-electron chi connectivity index (χ2n) is 5.12. The zero-order valence-corrected chi connectivity index (χ0v) is 14.4. The number of rotatable bonds is 8. The first-order valence-corrected chi connectivity index (χ1v) is 8.94. The number of phenolic OH excluding ortho intramolecular Hbond substituents is 1. The van der Waals surface area contributed by atoms with E-state index in [0.717, 1.165) is 17.9 Å². The fraction of sp³-hybridized carbons (Fsp3) is 0.222. The molecule has 2 aromatic carbocycles. The maximum Gasteiger partial charge on any atom is 0.269 e. The van der Waals surface area contributed by atoms with Crippen LogP contribution in [0.1, 0.15) is 16.8 Å². The number of hydrogen-bond acceptors (Lipinski definition) is 5. The van der Waals surface area contributed by atoms with Gasteiger partial charge in [-0.1, -0.05) is 18.2 Å². The molecule has 3 N–H and O–H groups in total. The van der Waals surface area contributed by atoms with Gasteiger partial charge in [0, 0.05) is 5.56 Å². The number of carbonyl (C=O) groups is 2. The summed E-state index contributed by atoms with van der Waals surface area (Å²) in [4.78, 5) is 23.4. The van der Waals surface area contributed by atoms with E-state index in [2.05, 4.69) is 10.9 Å². The molecule has 0 saturated heterocycles. The molecule has 0 aliphatic carbocycles. The summed E-state index contributed by atoms with van der Waals surface area (Å²) in [6.45, 7) is 0.593. The van der Waals surface area contributed by atoms with Crippen molar-refractivity contribution >= 4 is 23.6 Å². The molecule has 0 spiro atoms. The number of aromatic hydroxyl groups is 1. The van der Waals surface area contributed by atoms with Crippen LogP contribution in [-0.4, -0.2) is 35.0 Å². The van der Waals surface area contributed by atoms with E-state index < -0.39 is 5.91 Å². The number of phenols is 1. The van der Waals surface area contributed by atoms with Gasteiger partial charge < -0.3 is 9.84 Å². The Morgan fingerprint density at radius 2 is 1.72 bits per heavy atom. The Morgan fingerprint density at radius 1 is 1.00 bits per heavy atom. The van der Waals surface area contributed by atoms with Gasteiger partial charge in [-0.05, 0) is 48.6 Å². The minimum absolute atomic E-state index is 0.0771. The first kappa shape index (κ1) is 18.7. The number of nitrogens with one attached hydrogen (secondary N) is 2. The number of hydrazine groups is 1. The van der Waals surface area contributed by atoms with Gasteiger partial charge in [-0.15, -0.1) is 0 Å². The monoisotopic (exact) mass is 360 g/mol. The van der Waals surface area contributed by atoms with Crippen molar-refractivity contribution in [3.05, 3.63) is 60.2 Å². The molecule has 0 unspecified atom stereocenters. The molecular formula is C18H20N2O4S. The molecule has 25 heavy (non-hydrogen) atoms. The minimum Gasteiger partial charge on any atom is -0.508 e. The van der Waals surface area contributed by atoms with E-state index in [4.69, 9.17) is 9.84 Å². The second-order valence-corrected chi connectivity index (χ2v) is 6.22. The molecule has 2 rings (SSSR count). The van der Waals surface area contributed by atoms with Gasteiger partial charge in [0.25, 0.3) is 5.91 Å². The van der Waals surface area contributed by atoms with Gasteiger partial charge in [-0.25, -0.2) is 0 Å². The Kier molecular flexibility index (Phi) is 7.65. The molecule has 6 nitrogen and oxygen atoms in total. The Morgan fingerprint density at radius 3 is 2.44 bits per heavy atom. The first-order valence-electron chi connectivity index (χ1n) is 7.79. The van der Waals surface area contributed by atoms with Crippen molar-refractivity contribution in [2.75, 3.05) is 18.1 Å². The van der Waals surface area contributed by atoms with E-state index >= 15 is 0 Å². The number of ether oxygens (including phenoxy) is 1. The predicted molar refractivity (Wildman–Crippen MR) is 97.6 cm³/mol. The molecule has 0 bridgehead atoms. The van der Waals surface area contributed by atoms with Crippen LogP contribution in [0.2, 0.25) is 0 Å². The lowest BCUT2D eigenvalue weighted by molar-refractivity contribution is -0.119. The number of benzene rings is 2. The van der Waals surface area contributed by atoms with Crippen LogP contribution >= 0.6 is 11.8 Å². The smallest absolute Gasteiger partial charge is 0.269 e. The number of para-hydroxylation sites is 1. The summed E-state index contributed by atoms with van der Waals surface area (Å²) >= 11 is 1.47. The van der Waals surface area contributed by atoms with Crippen molar-refractivity contribution in [1.82, 2.24) is 10.9 Å². The van der Waals surface area contributed by atoms with Gasteiger partial charge >= 0.3 is 0 Å². The molecule has 2 aromatic rings. The standard InChI is InChI=1S/C18H20N2O4S/c21-15-9-7-14(8-10-15)18(23)20-19-17(22)13-25-12-4-11-24-16-5-2-1-3-6-16/h1-3,5-10,21H,4,11-13H2,(H,19,22)(H,20,23). The zero-order valence-electron chi connectivity index (χ0n) is 13.6. The number of carbonyl (C=O) groups excluding carboxylic acids is 2. The fourth-order valence-corrected chi connectivity index (χ4v) is 2.60. The third-order valence-electron chi connectivity index (χ3n) is 3.12. The molecule has 7 heteroatoms. The minimum atomic E-state index is -0.436. The van der Waals surface area contributed by atoms with E-state index in [1.165, 1.54) is 36.0 Å². The average Bonchev–Trinajstić information content (AvgIpc) is 2.64. The quantitative estimate of drug-likeness (QED) is 0.497. The highest BCUT2D eigenvalue weighted by Gasteiger charge is 2.07. The molecule has 2 amide bonds. The summed E-state index contributed by atoms with van der Waals surface area (Å²) in [6.07, 6.45) is 0.826. The normalized spacial score (nSPS) is 10.1. The molecule has 0 heterocycles. The summed E-state index contributed by atoms with van der Waals surface area (Å²) in [5.74, 6) is 1.24. The Labute approximate surface area is 150 Å². The third kappa shape index (κ3) is 7.17. The maximum absolute atomic E-state index is 11.8. The summed E-state index contributed by atoms with van der Waals surface area (Å²) in [7, 11) is 0. The SMILES string of the molecule is O=C(CSCCCOc1ccccc1)NNC(=O)c1ccc(O)cc1. The maximum atomic E-state index is 11.8. The summed E-state index contributed by atoms with van der Waals surface area (Å²) in [6, 6.07) is 15.3. The van der Waals surface area contributed by atoms with Crippen LogP contribution in [0.5, 0.6) is 11.5 Å². The number of amides is 2. The van der Waals surface area contributed by atoms with Crippen molar-refractivity contribution < 1.29 is 19.4 Å². The molecule has 0 atom stereocenters. The van der Waals surface area contributed by atoms with Gasteiger partial charge in [0.15, 0.2) is 0 Å². The van der Waals surface area contributed by atoms with Crippen molar-refractivity contribution in [2.24, 2.45) is 0 Å². The van der Waals surface area contributed by atoms with Crippen molar-refractivity contribution in [3.63, 3.8) is 0 Å². The molecule has 0 aliphatic heterocycles. The van der Waals surface area contributed by atoms with E-state index in [-0.39, 0.29) is 17.4 Å². The summed E-state index contributed by atoms with van der Waals surface area (Å²) in [5.41, 5.74) is 5.04. The van der Waals surface area contributed by atoms with Crippen molar-refractivity contribution in [2.45, 2.75) is 6.42 Å². The van der Waals surface area contributed by atoms with E-state index in [1.807, 2.05) is 30.3 Å². The second kappa shape index (κ2) is 10.2. The Balaban J connectivity index is 1.53. The average molecular weight is 360 g/mol. The highest BCUT2D eigenvalue weighted by Crippen LogP contribution is 2.10. The Bertz CT molecular complexity index is 677. The van der Waals surface area contributed by atoms with Crippen molar-refractivity contribution in [3.8, 4) is 11.5 Å². The van der Waals surface area contributed by atoms with Crippen LogP contribution in [0.15, 0.2) is 54.6 Å². The van der Waals surface area contributed by atoms with Crippen LogP contribution in [0, 0.1) is 0 Å². The van der Waals surface area contributed by atoms with Gasteiger partial charge in [-0.3, -0.25) is 20.4 Å². The lowest BCUT2D eigenvalue weighted by atomic mass is 10.2. The first-order chi connectivity index (χ1) is 12.1. The topological polar surface area (TPSA) is 87.7 Å². The lowest BCUT2D eigenvalue weighted by Gasteiger charge is -2.08. The Hall–Kier alpha value is -2.67. The molecule has 0 aromatic heterocycles. The van der Waals surface area contributed by atoms with E-state index in [9.17, 15) is 9.59 Å². The van der Waals surface area contributed by atoms with Crippen LogP contribution < -0.4 is 15.6 Å². The lowest BCUT2D eigenvalue weighted by Crippen LogP contribution is -2.42. The van der Waals surface area contributed by atoms with E-state index in [0.29, 0.717) is 12.2 Å². The summed E-state index contributed by atoms with van der Waals surface area (Å²) < 4.78 is 5.56. The zero-order chi connectivity index (χ0) is 17.9. The van der Waals surface area contributed by atoms with Crippen LogP contribution in [0.25, 0.3) is 0 Å². The highest BCUT2D eigenvalue weighted by atomic mass is 32.2. The number of hydrogen-bond donors (Lipinski definition) is 3. The third-order valence-corrected chi connectivity index (χ3v) is 4.17.